The van der Waals surface area contributed by atoms with Crippen molar-refractivity contribution >= 4 is 35.0 Å². The Labute approximate surface area is 149 Å². The van der Waals surface area contributed by atoms with Gasteiger partial charge in [0.1, 0.15) is 5.75 Å². The predicted octanol–water partition coefficient (Wildman–Crippen LogP) is 3.45. The molecule has 2 aromatic rings. The molecule has 0 aromatic heterocycles. The molecule has 126 valence electrons. The van der Waals surface area contributed by atoms with Crippen molar-refractivity contribution in [1.29, 1.82) is 0 Å². The number of hydrogen-bond acceptors (Lipinski definition) is 3. The molecular formula is C17H16Cl2N2O3. The summed E-state index contributed by atoms with van der Waals surface area (Å²) in [6.07, 6.45) is 0. The van der Waals surface area contributed by atoms with Gasteiger partial charge in [-0.2, -0.15) is 0 Å². The highest BCUT2D eigenvalue weighted by Gasteiger charge is 2.12. The van der Waals surface area contributed by atoms with E-state index in [0.29, 0.717) is 10.8 Å². The van der Waals surface area contributed by atoms with Crippen LogP contribution in [-0.2, 0) is 4.79 Å². The first-order valence-corrected chi connectivity index (χ1v) is 7.86. The van der Waals surface area contributed by atoms with Crippen molar-refractivity contribution in [2.24, 2.45) is 0 Å². The highest BCUT2D eigenvalue weighted by Crippen LogP contribution is 2.20. The number of hydrogen-bond donors (Lipinski definition) is 2. The van der Waals surface area contributed by atoms with Crippen LogP contribution >= 0.6 is 23.2 Å². The monoisotopic (exact) mass is 366 g/mol. The topological polar surface area (TPSA) is 67.4 Å². The number of amides is 2. The molecule has 0 unspecified atom stereocenters. The second-order valence-corrected chi connectivity index (χ2v) is 6.03. The van der Waals surface area contributed by atoms with Gasteiger partial charge >= 0.3 is 0 Å². The molecule has 0 radical (unpaired) electrons. The van der Waals surface area contributed by atoms with Gasteiger partial charge in [-0.1, -0.05) is 35.3 Å². The van der Waals surface area contributed by atoms with Crippen LogP contribution in [-0.4, -0.2) is 18.4 Å². The number of halogens is 2. The van der Waals surface area contributed by atoms with E-state index in [1.54, 1.807) is 6.07 Å². The molecular weight excluding hydrogens is 351 g/mol. The number of ether oxygens (including phenoxy) is 1. The Balaban J connectivity index is 1.88. The van der Waals surface area contributed by atoms with E-state index in [9.17, 15) is 9.59 Å². The van der Waals surface area contributed by atoms with Crippen molar-refractivity contribution in [3.05, 3.63) is 63.1 Å². The van der Waals surface area contributed by atoms with Gasteiger partial charge in [0.05, 0.1) is 10.6 Å². The summed E-state index contributed by atoms with van der Waals surface area (Å²) in [7, 11) is 0. The Morgan fingerprint density at radius 2 is 1.79 bits per heavy atom. The molecule has 0 bridgehead atoms. The summed E-state index contributed by atoms with van der Waals surface area (Å²) in [6.45, 7) is 3.59. The summed E-state index contributed by atoms with van der Waals surface area (Å²) in [6, 6.07) is 10.2. The van der Waals surface area contributed by atoms with Crippen molar-refractivity contribution in [2.45, 2.75) is 13.8 Å². The maximum Gasteiger partial charge on any atom is 0.276 e. The standard InChI is InChI=1S/C17H16Cl2N2O3/c1-10-3-4-11(2)15(7-10)24-9-16(22)20-21-17(23)13-8-12(18)5-6-14(13)19/h3-8H,9H2,1-2H3,(H,20,22)(H,21,23). The molecule has 5 nitrogen and oxygen atoms in total. The highest BCUT2D eigenvalue weighted by atomic mass is 35.5. The minimum absolute atomic E-state index is 0.167. The number of carbonyl (C=O) groups is 2. The third kappa shape index (κ3) is 4.88. The molecule has 7 heteroatoms. The largest absolute Gasteiger partial charge is 0.483 e. The molecule has 2 aromatic carbocycles. The molecule has 0 saturated carbocycles. The van der Waals surface area contributed by atoms with Crippen LogP contribution in [0.4, 0.5) is 0 Å². The van der Waals surface area contributed by atoms with Crippen molar-refractivity contribution in [1.82, 2.24) is 10.9 Å². The number of rotatable bonds is 4. The van der Waals surface area contributed by atoms with Crippen molar-refractivity contribution in [2.75, 3.05) is 6.61 Å². The van der Waals surface area contributed by atoms with Crippen molar-refractivity contribution in [3.8, 4) is 5.75 Å². The van der Waals surface area contributed by atoms with Crippen LogP contribution in [0.15, 0.2) is 36.4 Å². The average molecular weight is 367 g/mol. The maximum absolute atomic E-state index is 12.0. The van der Waals surface area contributed by atoms with E-state index in [2.05, 4.69) is 10.9 Å². The number of hydrazine groups is 1. The summed E-state index contributed by atoms with van der Waals surface area (Å²) >= 11 is 11.7. The van der Waals surface area contributed by atoms with E-state index in [-0.39, 0.29) is 17.2 Å². The molecule has 2 N–H and O–H groups in total. The zero-order valence-electron chi connectivity index (χ0n) is 13.2. The van der Waals surface area contributed by atoms with Gasteiger partial charge in [-0.3, -0.25) is 20.4 Å². The van der Waals surface area contributed by atoms with E-state index in [1.807, 2.05) is 32.0 Å². The van der Waals surface area contributed by atoms with Crippen molar-refractivity contribution in [3.63, 3.8) is 0 Å². The summed E-state index contributed by atoms with van der Waals surface area (Å²) < 4.78 is 5.45. The quantitative estimate of drug-likeness (QED) is 0.814. The van der Waals surface area contributed by atoms with Gasteiger partial charge in [-0.15, -0.1) is 0 Å². The highest BCUT2D eigenvalue weighted by molar-refractivity contribution is 6.35. The molecule has 2 rings (SSSR count). The summed E-state index contributed by atoms with van der Waals surface area (Å²) in [5.74, 6) is -0.445. The van der Waals surface area contributed by atoms with E-state index in [1.165, 1.54) is 12.1 Å². The summed E-state index contributed by atoms with van der Waals surface area (Å²) in [5, 5.41) is 0.604. The normalized spacial score (nSPS) is 10.2. The lowest BCUT2D eigenvalue weighted by atomic mass is 10.1. The van der Waals surface area contributed by atoms with Gasteiger partial charge in [0.25, 0.3) is 11.8 Å². The molecule has 0 aliphatic carbocycles. The Morgan fingerprint density at radius 3 is 2.54 bits per heavy atom. The fourth-order valence-corrected chi connectivity index (χ4v) is 2.28. The summed E-state index contributed by atoms with van der Waals surface area (Å²) in [4.78, 5) is 23.8. The van der Waals surface area contributed by atoms with Gasteiger partial charge in [0, 0.05) is 5.02 Å². The van der Waals surface area contributed by atoms with E-state index in [0.717, 1.165) is 11.1 Å². The van der Waals surface area contributed by atoms with Crippen LogP contribution in [0.2, 0.25) is 10.0 Å². The van der Waals surface area contributed by atoms with Crippen LogP contribution < -0.4 is 15.6 Å². The zero-order valence-corrected chi connectivity index (χ0v) is 14.7. The Morgan fingerprint density at radius 1 is 1.04 bits per heavy atom. The van der Waals surface area contributed by atoms with Crippen LogP contribution in [0.3, 0.4) is 0 Å². The second kappa shape index (κ2) is 8.04. The SMILES string of the molecule is Cc1ccc(C)c(OCC(=O)NNC(=O)c2cc(Cl)ccc2Cl)c1. The molecule has 24 heavy (non-hydrogen) atoms. The van der Waals surface area contributed by atoms with Crippen LogP contribution in [0.25, 0.3) is 0 Å². The fraction of sp³-hybridized carbons (Fsp3) is 0.176. The Hall–Kier alpha value is -2.24. The van der Waals surface area contributed by atoms with Gasteiger partial charge in [-0.05, 0) is 49.2 Å². The average Bonchev–Trinajstić information content (AvgIpc) is 2.55. The minimum Gasteiger partial charge on any atom is -0.483 e. The summed E-state index contributed by atoms with van der Waals surface area (Å²) in [5.41, 5.74) is 6.65. The first-order valence-electron chi connectivity index (χ1n) is 7.11. The van der Waals surface area contributed by atoms with Gasteiger partial charge in [0.2, 0.25) is 0 Å². The second-order valence-electron chi connectivity index (χ2n) is 5.18. The molecule has 0 aliphatic rings. The zero-order chi connectivity index (χ0) is 17.7. The molecule has 0 heterocycles. The number of aryl methyl sites for hydroxylation is 2. The van der Waals surface area contributed by atoms with Gasteiger partial charge in [0.15, 0.2) is 6.61 Å². The van der Waals surface area contributed by atoms with E-state index in [4.69, 9.17) is 27.9 Å². The van der Waals surface area contributed by atoms with Crippen molar-refractivity contribution < 1.29 is 14.3 Å². The molecule has 0 fully saturated rings. The number of carbonyl (C=O) groups excluding carboxylic acids is 2. The van der Waals surface area contributed by atoms with Crippen LogP contribution in [0.5, 0.6) is 5.75 Å². The smallest absolute Gasteiger partial charge is 0.276 e. The van der Waals surface area contributed by atoms with Crippen LogP contribution in [0.1, 0.15) is 21.5 Å². The van der Waals surface area contributed by atoms with Gasteiger partial charge < -0.3 is 4.74 Å². The first kappa shape index (κ1) is 18.1. The predicted molar refractivity (Wildman–Crippen MR) is 93.5 cm³/mol. The molecule has 0 saturated heterocycles. The maximum atomic E-state index is 12.0. The minimum atomic E-state index is -0.567. The number of benzene rings is 2. The Kier molecular flexibility index (Phi) is 6.06. The first-order chi connectivity index (χ1) is 11.4. The van der Waals surface area contributed by atoms with E-state index < -0.39 is 11.8 Å². The molecule has 0 aliphatic heterocycles. The fourth-order valence-electron chi connectivity index (χ4n) is 1.91. The van der Waals surface area contributed by atoms with Crippen LogP contribution in [0, 0.1) is 13.8 Å². The third-order valence-electron chi connectivity index (χ3n) is 3.19. The van der Waals surface area contributed by atoms with E-state index >= 15 is 0 Å². The number of nitrogens with one attached hydrogen (secondary N) is 2. The lowest BCUT2D eigenvalue weighted by molar-refractivity contribution is -0.123. The molecule has 0 spiro atoms. The molecule has 0 atom stereocenters. The third-order valence-corrected chi connectivity index (χ3v) is 3.76. The lowest BCUT2D eigenvalue weighted by Crippen LogP contribution is -2.43. The van der Waals surface area contributed by atoms with Gasteiger partial charge in [-0.25, -0.2) is 0 Å². The Bertz CT molecular complexity index is 778. The lowest BCUT2D eigenvalue weighted by Gasteiger charge is -2.11. The molecule has 2 amide bonds.